The second kappa shape index (κ2) is 7.87. The van der Waals surface area contributed by atoms with E-state index >= 15 is 0 Å². The van der Waals surface area contributed by atoms with Crippen LogP contribution in [-0.2, 0) is 4.74 Å². The van der Waals surface area contributed by atoms with E-state index in [1.165, 1.54) is 5.56 Å². The van der Waals surface area contributed by atoms with Crippen LogP contribution in [0, 0.1) is 0 Å². The van der Waals surface area contributed by atoms with Crippen LogP contribution in [0.3, 0.4) is 0 Å². The zero-order valence-corrected chi connectivity index (χ0v) is 13.3. The van der Waals surface area contributed by atoms with E-state index in [4.69, 9.17) is 4.74 Å². The Labute approximate surface area is 127 Å². The molecule has 1 aromatic rings. The van der Waals surface area contributed by atoms with Gasteiger partial charge in [0.1, 0.15) is 4.93 Å². The summed E-state index contributed by atoms with van der Waals surface area (Å²) in [5.74, 6) is 0. The predicted molar refractivity (Wildman–Crippen MR) is 87.8 cm³/mol. The van der Waals surface area contributed by atoms with Gasteiger partial charge in [-0.15, -0.1) is 0 Å². The summed E-state index contributed by atoms with van der Waals surface area (Å²) in [6.45, 7) is 3.20. The van der Waals surface area contributed by atoms with Crippen molar-refractivity contribution in [2.24, 2.45) is 0 Å². The fraction of sp³-hybridized carbons (Fsp3) is 0.529. The molecule has 0 spiro atoms. The first-order valence-corrected chi connectivity index (χ1v) is 8.38. The molecule has 2 rings (SSSR count). The van der Waals surface area contributed by atoms with E-state index in [9.17, 15) is 0 Å². The van der Waals surface area contributed by atoms with Crippen LogP contribution in [0.25, 0.3) is 0 Å². The van der Waals surface area contributed by atoms with Crippen LogP contribution >= 0.6 is 11.8 Å². The molecule has 20 heavy (non-hydrogen) atoms. The summed E-state index contributed by atoms with van der Waals surface area (Å²) >= 11 is 1.85. The third kappa shape index (κ3) is 4.11. The standard InChI is InChI=1S/C17H25NOS/c1-3-11-17(12-7-14-20-17)19-16(10-13-18-2)15-8-5-4-6-9-15/h4-9,14,16,18H,3,10-13H2,1-2H3/t16-,17?/m1/s1. The molecule has 0 saturated carbocycles. The Bertz CT molecular complexity index is 410. The van der Waals surface area contributed by atoms with Crippen LogP contribution in [-0.4, -0.2) is 18.5 Å². The van der Waals surface area contributed by atoms with Crippen LogP contribution in [0.1, 0.15) is 44.3 Å². The van der Waals surface area contributed by atoms with Gasteiger partial charge in [0.05, 0.1) is 6.10 Å². The van der Waals surface area contributed by atoms with Gasteiger partial charge in [-0.2, -0.15) is 0 Å². The largest absolute Gasteiger partial charge is 0.356 e. The number of hydrogen-bond donors (Lipinski definition) is 1. The van der Waals surface area contributed by atoms with Crippen molar-refractivity contribution in [1.29, 1.82) is 0 Å². The van der Waals surface area contributed by atoms with Crippen molar-refractivity contribution in [3.8, 4) is 0 Å². The van der Waals surface area contributed by atoms with Crippen LogP contribution in [0.15, 0.2) is 41.8 Å². The van der Waals surface area contributed by atoms with Gasteiger partial charge in [0.15, 0.2) is 0 Å². The summed E-state index contributed by atoms with van der Waals surface area (Å²) in [6, 6.07) is 10.6. The predicted octanol–water partition coefficient (Wildman–Crippen LogP) is 4.50. The van der Waals surface area contributed by atoms with Crippen molar-refractivity contribution < 1.29 is 4.74 Å². The number of nitrogens with one attached hydrogen (secondary N) is 1. The maximum absolute atomic E-state index is 6.59. The molecule has 1 heterocycles. The van der Waals surface area contributed by atoms with Gasteiger partial charge >= 0.3 is 0 Å². The van der Waals surface area contributed by atoms with E-state index < -0.39 is 0 Å². The normalized spacial score (nSPS) is 23.1. The topological polar surface area (TPSA) is 21.3 Å². The molecule has 2 atom stereocenters. The highest BCUT2D eigenvalue weighted by Crippen LogP contribution is 2.45. The molecule has 0 bridgehead atoms. The van der Waals surface area contributed by atoms with Gasteiger partial charge in [0, 0.05) is 6.42 Å². The third-order valence-electron chi connectivity index (χ3n) is 3.62. The maximum atomic E-state index is 6.59. The molecule has 0 fully saturated rings. The van der Waals surface area contributed by atoms with Crippen molar-refractivity contribution in [2.45, 2.75) is 43.6 Å². The molecule has 0 radical (unpaired) electrons. The molecule has 1 N–H and O–H groups in total. The number of benzene rings is 1. The Morgan fingerprint density at radius 1 is 1.35 bits per heavy atom. The third-order valence-corrected chi connectivity index (χ3v) is 4.85. The molecule has 0 aromatic heterocycles. The van der Waals surface area contributed by atoms with Crippen LogP contribution in [0.5, 0.6) is 0 Å². The minimum Gasteiger partial charge on any atom is -0.356 e. The first-order chi connectivity index (χ1) is 9.79. The molecule has 0 amide bonds. The summed E-state index contributed by atoms with van der Waals surface area (Å²) in [7, 11) is 2.00. The fourth-order valence-electron chi connectivity index (χ4n) is 2.62. The minimum atomic E-state index is -0.0526. The van der Waals surface area contributed by atoms with Gasteiger partial charge in [-0.3, -0.25) is 0 Å². The lowest BCUT2D eigenvalue weighted by Gasteiger charge is -2.33. The highest BCUT2D eigenvalue weighted by molar-refractivity contribution is 8.03. The van der Waals surface area contributed by atoms with E-state index in [0.29, 0.717) is 0 Å². The number of rotatable bonds is 8. The Morgan fingerprint density at radius 2 is 2.15 bits per heavy atom. The average molecular weight is 291 g/mol. The smallest absolute Gasteiger partial charge is 0.121 e. The first-order valence-electron chi connectivity index (χ1n) is 7.50. The number of thioether (sulfide) groups is 1. The van der Waals surface area contributed by atoms with Crippen molar-refractivity contribution in [2.75, 3.05) is 13.6 Å². The van der Waals surface area contributed by atoms with E-state index in [-0.39, 0.29) is 11.0 Å². The zero-order valence-electron chi connectivity index (χ0n) is 12.5. The monoisotopic (exact) mass is 291 g/mol. The molecule has 0 saturated heterocycles. The molecule has 1 aliphatic rings. The number of ether oxygens (including phenoxy) is 1. The Balaban J connectivity index is 2.10. The van der Waals surface area contributed by atoms with Crippen molar-refractivity contribution in [3.63, 3.8) is 0 Å². The van der Waals surface area contributed by atoms with Crippen LogP contribution < -0.4 is 5.32 Å². The Kier molecular flexibility index (Phi) is 6.14. The Hall–Kier alpha value is -0.770. The zero-order chi connectivity index (χ0) is 14.3. The second-order valence-electron chi connectivity index (χ2n) is 5.26. The van der Waals surface area contributed by atoms with E-state index in [1.54, 1.807) is 0 Å². The molecule has 2 nitrogen and oxygen atoms in total. The van der Waals surface area contributed by atoms with Gasteiger partial charge in [0.25, 0.3) is 0 Å². The van der Waals surface area contributed by atoms with Crippen molar-refractivity contribution in [3.05, 3.63) is 47.4 Å². The molecule has 1 aliphatic heterocycles. The summed E-state index contributed by atoms with van der Waals surface area (Å²) in [6.07, 6.45) is 6.69. The molecule has 0 aliphatic carbocycles. The number of hydrogen-bond acceptors (Lipinski definition) is 3. The van der Waals surface area contributed by atoms with Gasteiger partial charge < -0.3 is 10.1 Å². The SMILES string of the molecule is CCCC1(O[C@H](CCNC)c2ccccc2)CC=CS1. The van der Waals surface area contributed by atoms with Crippen molar-refractivity contribution in [1.82, 2.24) is 5.32 Å². The van der Waals surface area contributed by atoms with Gasteiger partial charge in [-0.25, -0.2) is 0 Å². The highest BCUT2D eigenvalue weighted by Gasteiger charge is 2.35. The first kappa shape index (κ1) is 15.6. The summed E-state index contributed by atoms with van der Waals surface area (Å²) in [5.41, 5.74) is 1.28. The molecular weight excluding hydrogens is 266 g/mol. The Morgan fingerprint density at radius 3 is 2.75 bits per heavy atom. The summed E-state index contributed by atoms with van der Waals surface area (Å²) in [4.78, 5) is -0.0526. The minimum absolute atomic E-state index is 0.0526. The molecule has 1 aromatic carbocycles. The van der Waals surface area contributed by atoms with Gasteiger partial charge in [0.2, 0.25) is 0 Å². The highest BCUT2D eigenvalue weighted by atomic mass is 32.2. The lowest BCUT2D eigenvalue weighted by molar-refractivity contribution is -0.0417. The van der Waals surface area contributed by atoms with Crippen LogP contribution in [0.4, 0.5) is 0 Å². The summed E-state index contributed by atoms with van der Waals surface area (Å²) in [5, 5.41) is 5.43. The summed E-state index contributed by atoms with van der Waals surface area (Å²) < 4.78 is 6.59. The molecule has 1 unspecified atom stereocenters. The molecule has 110 valence electrons. The van der Waals surface area contributed by atoms with Crippen LogP contribution in [0.2, 0.25) is 0 Å². The van der Waals surface area contributed by atoms with Gasteiger partial charge in [-0.05, 0) is 37.4 Å². The van der Waals surface area contributed by atoms with Crippen molar-refractivity contribution >= 4 is 11.8 Å². The maximum Gasteiger partial charge on any atom is 0.121 e. The fourth-order valence-corrected chi connectivity index (χ4v) is 3.75. The lowest BCUT2D eigenvalue weighted by atomic mass is 10.0. The van der Waals surface area contributed by atoms with Gasteiger partial charge in [-0.1, -0.05) is 61.5 Å². The molecular formula is C17H25NOS. The molecule has 3 heteroatoms. The lowest BCUT2D eigenvalue weighted by Crippen LogP contribution is -2.29. The van der Waals surface area contributed by atoms with E-state index in [1.807, 2.05) is 18.8 Å². The second-order valence-corrected chi connectivity index (χ2v) is 6.52. The van der Waals surface area contributed by atoms with E-state index in [0.717, 1.165) is 32.2 Å². The quantitative estimate of drug-likeness (QED) is 0.762. The average Bonchev–Trinajstić information content (AvgIpc) is 2.93. The van der Waals surface area contributed by atoms with E-state index in [2.05, 4.69) is 54.1 Å².